The van der Waals surface area contributed by atoms with E-state index in [0.717, 1.165) is 30.5 Å². The van der Waals surface area contributed by atoms with Crippen LogP contribution in [0.1, 0.15) is 35.7 Å². The average molecular weight is 242 g/mol. The van der Waals surface area contributed by atoms with Crippen molar-refractivity contribution in [3.05, 3.63) is 35.4 Å². The Labute approximate surface area is 108 Å². The fraction of sp³-hybridized carbons (Fsp3) is 0.400. The van der Waals surface area contributed by atoms with E-state index in [1.54, 1.807) is 0 Å². The van der Waals surface area contributed by atoms with Crippen LogP contribution in [0.3, 0.4) is 0 Å². The fourth-order valence-corrected chi connectivity index (χ4v) is 1.97. The zero-order chi connectivity index (χ0) is 13.0. The summed E-state index contributed by atoms with van der Waals surface area (Å²) >= 11 is 0. The van der Waals surface area contributed by atoms with Crippen molar-refractivity contribution in [2.24, 2.45) is 5.73 Å². The van der Waals surface area contributed by atoms with Gasteiger partial charge >= 0.3 is 0 Å². The number of benzene rings is 1. The Morgan fingerprint density at radius 1 is 1.39 bits per heavy atom. The van der Waals surface area contributed by atoms with Gasteiger partial charge in [-0.3, -0.25) is 4.79 Å². The van der Waals surface area contributed by atoms with Gasteiger partial charge in [0.2, 0.25) is 0 Å². The first-order valence-electron chi connectivity index (χ1n) is 6.36. The molecule has 0 saturated heterocycles. The summed E-state index contributed by atoms with van der Waals surface area (Å²) in [5, 5.41) is 0. The van der Waals surface area contributed by atoms with Crippen LogP contribution in [0.2, 0.25) is 0 Å². The molecule has 1 saturated carbocycles. The molecule has 0 heterocycles. The van der Waals surface area contributed by atoms with Crippen molar-refractivity contribution in [1.82, 2.24) is 4.90 Å². The molecule has 94 valence electrons. The summed E-state index contributed by atoms with van der Waals surface area (Å²) in [6.07, 6.45) is 2.28. The molecule has 0 radical (unpaired) electrons. The normalized spacial score (nSPS) is 13.7. The lowest BCUT2D eigenvalue weighted by atomic mass is 10.1. The van der Waals surface area contributed by atoms with Crippen molar-refractivity contribution < 1.29 is 4.79 Å². The number of nitrogens with two attached hydrogens (primary N) is 1. The fourth-order valence-electron chi connectivity index (χ4n) is 1.97. The molecule has 3 heteroatoms. The summed E-state index contributed by atoms with van der Waals surface area (Å²) in [7, 11) is 0. The molecule has 1 aromatic rings. The van der Waals surface area contributed by atoms with Crippen LogP contribution >= 0.6 is 0 Å². The lowest BCUT2D eigenvalue weighted by Gasteiger charge is -2.20. The highest BCUT2D eigenvalue weighted by Gasteiger charge is 2.31. The van der Waals surface area contributed by atoms with Gasteiger partial charge in [0.25, 0.3) is 5.91 Å². The minimum absolute atomic E-state index is 0.123. The van der Waals surface area contributed by atoms with Crippen LogP contribution in [-0.2, 0) is 0 Å². The number of nitrogens with zero attached hydrogens (tertiary/aromatic N) is 1. The van der Waals surface area contributed by atoms with Gasteiger partial charge in [-0.2, -0.15) is 0 Å². The smallest absolute Gasteiger partial charge is 0.254 e. The summed E-state index contributed by atoms with van der Waals surface area (Å²) in [5.74, 6) is 5.87. The Kier molecular flexibility index (Phi) is 4.01. The molecule has 0 bridgehead atoms. The van der Waals surface area contributed by atoms with Gasteiger partial charge in [-0.1, -0.05) is 11.8 Å². The van der Waals surface area contributed by atoms with Crippen molar-refractivity contribution in [2.45, 2.75) is 25.8 Å². The highest BCUT2D eigenvalue weighted by molar-refractivity contribution is 5.94. The SMILES string of the molecule is CCN(C(=O)c1ccc(C#CCN)cc1)C1CC1. The molecule has 0 aromatic heterocycles. The molecule has 1 aromatic carbocycles. The Hall–Kier alpha value is -1.79. The third-order valence-electron chi connectivity index (χ3n) is 3.06. The van der Waals surface area contributed by atoms with Crippen LogP contribution in [-0.4, -0.2) is 29.9 Å². The first-order chi connectivity index (χ1) is 8.76. The van der Waals surface area contributed by atoms with Crippen LogP contribution in [0, 0.1) is 11.8 Å². The molecule has 2 rings (SSSR count). The maximum Gasteiger partial charge on any atom is 0.254 e. The molecular formula is C15H18N2O. The van der Waals surface area contributed by atoms with E-state index in [2.05, 4.69) is 11.8 Å². The third-order valence-corrected chi connectivity index (χ3v) is 3.06. The Balaban J connectivity index is 2.10. The van der Waals surface area contributed by atoms with E-state index in [1.165, 1.54) is 0 Å². The second kappa shape index (κ2) is 5.70. The Morgan fingerprint density at radius 2 is 2.06 bits per heavy atom. The lowest BCUT2D eigenvalue weighted by molar-refractivity contribution is 0.0752. The van der Waals surface area contributed by atoms with Gasteiger partial charge in [0.05, 0.1) is 6.54 Å². The van der Waals surface area contributed by atoms with Crippen LogP contribution in [0.15, 0.2) is 24.3 Å². The maximum absolute atomic E-state index is 12.3. The predicted molar refractivity (Wildman–Crippen MR) is 72.1 cm³/mol. The predicted octanol–water partition coefficient (Wildman–Crippen LogP) is 1.62. The molecule has 18 heavy (non-hydrogen) atoms. The van der Waals surface area contributed by atoms with E-state index in [0.29, 0.717) is 12.6 Å². The second-order valence-electron chi connectivity index (χ2n) is 4.41. The van der Waals surface area contributed by atoms with E-state index >= 15 is 0 Å². The Morgan fingerprint density at radius 3 is 2.56 bits per heavy atom. The van der Waals surface area contributed by atoms with E-state index in [4.69, 9.17) is 5.73 Å². The van der Waals surface area contributed by atoms with E-state index < -0.39 is 0 Å². The lowest BCUT2D eigenvalue weighted by Crippen LogP contribution is -2.32. The molecular weight excluding hydrogens is 224 g/mol. The number of carbonyl (C=O) groups excluding carboxylic acids is 1. The van der Waals surface area contributed by atoms with Crippen molar-refractivity contribution in [1.29, 1.82) is 0 Å². The molecule has 1 aliphatic carbocycles. The van der Waals surface area contributed by atoms with Crippen molar-refractivity contribution in [3.63, 3.8) is 0 Å². The standard InChI is InChI=1S/C15H18N2O/c1-2-17(14-9-10-14)15(18)13-7-5-12(6-8-13)4-3-11-16/h5-8,14H,2,9-11,16H2,1H3. The van der Waals surface area contributed by atoms with Crippen LogP contribution in [0.25, 0.3) is 0 Å². The summed E-state index contributed by atoms with van der Waals surface area (Å²) in [5.41, 5.74) is 6.95. The first kappa shape index (κ1) is 12.7. The molecule has 0 aliphatic heterocycles. The molecule has 3 nitrogen and oxygen atoms in total. The van der Waals surface area contributed by atoms with Crippen LogP contribution < -0.4 is 5.73 Å². The van der Waals surface area contributed by atoms with Gasteiger partial charge in [0.15, 0.2) is 0 Å². The molecule has 0 atom stereocenters. The number of hydrogen-bond acceptors (Lipinski definition) is 2. The summed E-state index contributed by atoms with van der Waals surface area (Å²) in [4.78, 5) is 14.2. The average Bonchev–Trinajstić information content (AvgIpc) is 3.22. The molecule has 1 fully saturated rings. The van der Waals surface area contributed by atoms with Crippen molar-refractivity contribution >= 4 is 5.91 Å². The topological polar surface area (TPSA) is 46.3 Å². The number of amides is 1. The molecule has 0 spiro atoms. The van der Waals surface area contributed by atoms with Crippen molar-refractivity contribution in [2.75, 3.05) is 13.1 Å². The monoisotopic (exact) mass is 242 g/mol. The zero-order valence-corrected chi connectivity index (χ0v) is 10.6. The molecule has 0 unspecified atom stereocenters. The molecule has 2 N–H and O–H groups in total. The zero-order valence-electron chi connectivity index (χ0n) is 10.6. The van der Waals surface area contributed by atoms with Gasteiger partial charge in [-0.15, -0.1) is 0 Å². The highest BCUT2D eigenvalue weighted by atomic mass is 16.2. The quantitative estimate of drug-likeness (QED) is 0.819. The van der Waals surface area contributed by atoms with Gasteiger partial charge in [-0.05, 0) is 44.0 Å². The number of hydrogen-bond donors (Lipinski definition) is 1. The summed E-state index contributed by atoms with van der Waals surface area (Å²) in [6, 6.07) is 7.88. The maximum atomic E-state index is 12.3. The van der Waals surface area contributed by atoms with Crippen LogP contribution in [0.4, 0.5) is 0 Å². The van der Waals surface area contributed by atoms with Gasteiger partial charge < -0.3 is 10.6 Å². The first-order valence-corrected chi connectivity index (χ1v) is 6.36. The largest absolute Gasteiger partial charge is 0.336 e. The second-order valence-corrected chi connectivity index (χ2v) is 4.41. The molecule has 1 amide bonds. The molecule has 1 aliphatic rings. The van der Waals surface area contributed by atoms with E-state index in [-0.39, 0.29) is 5.91 Å². The Bertz CT molecular complexity index is 477. The van der Waals surface area contributed by atoms with Crippen molar-refractivity contribution in [3.8, 4) is 11.8 Å². The minimum atomic E-state index is 0.123. The van der Waals surface area contributed by atoms with Gasteiger partial charge in [-0.25, -0.2) is 0 Å². The van der Waals surface area contributed by atoms with Gasteiger partial charge in [0.1, 0.15) is 0 Å². The highest BCUT2D eigenvalue weighted by Crippen LogP contribution is 2.27. The summed E-state index contributed by atoms with van der Waals surface area (Å²) < 4.78 is 0. The summed E-state index contributed by atoms with van der Waals surface area (Å²) in [6.45, 7) is 3.15. The minimum Gasteiger partial charge on any atom is -0.336 e. The van der Waals surface area contributed by atoms with Gasteiger partial charge in [0, 0.05) is 23.7 Å². The number of carbonyl (C=O) groups is 1. The number of rotatable bonds is 3. The van der Waals surface area contributed by atoms with E-state index in [9.17, 15) is 4.79 Å². The third kappa shape index (κ3) is 2.91. The van der Waals surface area contributed by atoms with Crippen LogP contribution in [0.5, 0.6) is 0 Å². The van der Waals surface area contributed by atoms with E-state index in [1.807, 2.05) is 36.1 Å².